The number of halogens is 1. The maximum atomic E-state index is 14.3. The first-order valence-electron chi connectivity index (χ1n) is 14.0. The number of carbonyl (C=O) groups excluding carboxylic acids is 2. The summed E-state index contributed by atoms with van der Waals surface area (Å²) in [6, 6.07) is 15.2. The molecule has 1 N–H and O–H groups in total. The number of methoxy groups -OCH3 is 3. The van der Waals surface area contributed by atoms with Gasteiger partial charge < -0.3 is 24.4 Å². The molecule has 1 unspecified atom stereocenters. The smallest absolute Gasteiger partial charge is 0.265 e. The monoisotopic (exact) mass is 645 g/mol. The molecular formula is C32H40ClN3O7S. The highest BCUT2D eigenvalue weighted by Gasteiger charge is 2.34. The Morgan fingerprint density at radius 3 is 2.14 bits per heavy atom. The van der Waals surface area contributed by atoms with Crippen molar-refractivity contribution in [3.8, 4) is 17.2 Å². The van der Waals surface area contributed by atoms with Crippen LogP contribution in [0.1, 0.15) is 31.9 Å². The Morgan fingerprint density at radius 2 is 1.52 bits per heavy atom. The van der Waals surface area contributed by atoms with Gasteiger partial charge in [0.1, 0.15) is 18.3 Å². The Bertz CT molecular complexity index is 1580. The fourth-order valence-corrected chi connectivity index (χ4v) is 6.08. The van der Waals surface area contributed by atoms with E-state index in [1.807, 2.05) is 45.0 Å². The van der Waals surface area contributed by atoms with Crippen LogP contribution in [0.5, 0.6) is 17.2 Å². The summed E-state index contributed by atoms with van der Waals surface area (Å²) in [5.41, 5.74) is 1.79. The molecule has 0 aliphatic carbocycles. The molecule has 2 amide bonds. The van der Waals surface area contributed by atoms with Crippen LogP contribution in [0.3, 0.4) is 0 Å². The van der Waals surface area contributed by atoms with E-state index in [2.05, 4.69) is 5.32 Å². The number of anilines is 1. The third-order valence-corrected chi connectivity index (χ3v) is 9.08. The zero-order chi connectivity index (χ0) is 32.6. The van der Waals surface area contributed by atoms with E-state index >= 15 is 0 Å². The molecule has 0 fully saturated rings. The fraction of sp³-hybridized carbons (Fsp3) is 0.375. The number of hydrogen-bond acceptors (Lipinski definition) is 7. The Labute approximate surface area is 264 Å². The van der Waals surface area contributed by atoms with E-state index in [1.54, 1.807) is 13.0 Å². The predicted octanol–water partition coefficient (Wildman–Crippen LogP) is 5.06. The summed E-state index contributed by atoms with van der Waals surface area (Å²) in [6.07, 6.45) is 0. The maximum Gasteiger partial charge on any atom is 0.265 e. The Kier molecular flexibility index (Phi) is 11.9. The van der Waals surface area contributed by atoms with Crippen molar-refractivity contribution in [3.63, 3.8) is 0 Å². The molecule has 3 aromatic carbocycles. The van der Waals surface area contributed by atoms with E-state index in [9.17, 15) is 18.0 Å². The summed E-state index contributed by atoms with van der Waals surface area (Å²) in [7, 11) is -0.203. The van der Waals surface area contributed by atoms with Gasteiger partial charge in [0, 0.05) is 24.2 Å². The molecule has 0 radical (unpaired) electrons. The Balaban J connectivity index is 2.14. The Hall–Kier alpha value is -3.96. The van der Waals surface area contributed by atoms with Crippen molar-refractivity contribution < 1.29 is 32.2 Å². The lowest BCUT2D eigenvalue weighted by Crippen LogP contribution is -2.51. The van der Waals surface area contributed by atoms with Crippen LogP contribution in [-0.4, -0.2) is 65.6 Å². The van der Waals surface area contributed by atoms with E-state index in [4.69, 9.17) is 25.8 Å². The Morgan fingerprint density at radius 1 is 0.886 bits per heavy atom. The second-order valence-electron chi connectivity index (χ2n) is 10.6. The molecular weight excluding hydrogens is 606 g/mol. The normalized spacial score (nSPS) is 11.9. The molecule has 0 aliphatic rings. The molecule has 238 valence electrons. The van der Waals surface area contributed by atoms with Gasteiger partial charge in [-0.05, 0) is 61.2 Å². The number of nitrogens with one attached hydrogen (secondary N) is 1. The zero-order valence-electron chi connectivity index (χ0n) is 26.1. The van der Waals surface area contributed by atoms with Crippen molar-refractivity contribution in [2.45, 2.75) is 45.2 Å². The quantitative estimate of drug-likeness (QED) is 0.261. The van der Waals surface area contributed by atoms with Crippen LogP contribution < -0.4 is 23.8 Å². The largest absolute Gasteiger partial charge is 0.495 e. The summed E-state index contributed by atoms with van der Waals surface area (Å²) in [5.74, 6) is -0.0556. The number of aryl methyl sites for hydroxylation is 1. The minimum Gasteiger partial charge on any atom is -0.495 e. The first-order chi connectivity index (χ1) is 20.8. The molecule has 0 bridgehead atoms. The van der Waals surface area contributed by atoms with Crippen LogP contribution in [0, 0.1) is 12.8 Å². The minimum atomic E-state index is -4.43. The van der Waals surface area contributed by atoms with Crippen LogP contribution >= 0.6 is 11.6 Å². The first-order valence-corrected chi connectivity index (χ1v) is 15.9. The van der Waals surface area contributed by atoms with E-state index < -0.39 is 28.5 Å². The van der Waals surface area contributed by atoms with Gasteiger partial charge in [-0.2, -0.15) is 0 Å². The predicted molar refractivity (Wildman–Crippen MR) is 171 cm³/mol. The highest BCUT2D eigenvalue weighted by molar-refractivity contribution is 7.92. The van der Waals surface area contributed by atoms with Crippen molar-refractivity contribution in [2.75, 3.05) is 38.7 Å². The summed E-state index contributed by atoms with van der Waals surface area (Å²) >= 11 is 6.32. The van der Waals surface area contributed by atoms with Crippen LogP contribution in [0.4, 0.5) is 5.69 Å². The number of ether oxygens (including phenoxy) is 3. The van der Waals surface area contributed by atoms with Gasteiger partial charge in [0.15, 0.2) is 11.5 Å². The first kappa shape index (κ1) is 34.5. The number of benzene rings is 3. The van der Waals surface area contributed by atoms with E-state index in [-0.39, 0.29) is 45.5 Å². The summed E-state index contributed by atoms with van der Waals surface area (Å²) in [6.45, 7) is 7.33. The summed E-state index contributed by atoms with van der Waals surface area (Å²) < 4.78 is 45.7. The number of carbonyl (C=O) groups is 2. The van der Waals surface area contributed by atoms with Crippen molar-refractivity contribution in [2.24, 2.45) is 5.92 Å². The van der Waals surface area contributed by atoms with Crippen LogP contribution in [-0.2, 0) is 26.2 Å². The van der Waals surface area contributed by atoms with Gasteiger partial charge >= 0.3 is 0 Å². The lowest BCUT2D eigenvalue weighted by atomic mass is 10.1. The number of hydrogen-bond donors (Lipinski definition) is 1. The second-order valence-corrected chi connectivity index (χ2v) is 12.9. The number of rotatable bonds is 14. The lowest BCUT2D eigenvalue weighted by molar-refractivity contribution is -0.139. The summed E-state index contributed by atoms with van der Waals surface area (Å²) in [5, 5.41) is 3.12. The standard InChI is InChI=1S/C32H40ClN3O7S/c1-21(2)18-34-32(38)23(4)35(19-24-11-9-8-10-22(24)3)31(37)20-36(27-16-25(33)12-14-28(27)41-5)44(39,40)26-13-15-29(42-6)30(17-26)43-7/h8-17,21,23H,18-20H2,1-7H3,(H,34,38). The number of nitrogens with zero attached hydrogens (tertiary/aromatic N) is 2. The molecule has 0 spiro atoms. The van der Waals surface area contributed by atoms with Gasteiger partial charge in [-0.15, -0.1) is 0 Å². The fourth-order valence-electron chi connectivity index (χ4n) is 4.48. The second kappa shape index (κ2) is 15.2. The molecule has 0 heterocycles. The van der Waals surface area contributed by atoms with Crippen molar-refractivity contribution in [3.05, 3.63) is 76.8 Å². The zero-order valence-corrected chi connectivity index (χ0v) is 27.7. The molecule has 44 heavy (non-hydrogen) atoms. The average Bonchev–Trinajstić information content (AvgIpc) is 3.00. The van der Waals surface area contributed by atoms with Crippen molar-refractivity contribution >= 4 is 39.1 Å². The van der Waals surface area contributed by atoms with Crippen LogP contribution in [0.25, 0.3) is 0 Å². The lowest BCUT2D eigenvalue weighted by Gasteiger charge is -2.33. The van der Waals surface area contributed by atoms with Gasteiger partial charge in [-0.3, -0.25) is 13.9 Å². The SMILES string of the molecule is COc1ccc(S(=O)(=O)N(CC(=O)N(Cc2ccccc2C)C(C)C(=O)NCC(C)C)c2cc(Cl)ccc2OC)cc1OC. The molecule has 1 atom stereocenters. The molecule has 0 saturated carbocycles. The topological polar surface area (TPSA) is 114 Å². The van der Waals surface area contributed by atoms with E-state index in [1.165, 1.54) is 56.6 Å². The molecule has 3 aromatic rings. The average molecular weight is 646 g/mol. The van der Waals surface area contributed by atoms with Gasteiger partial charge in [-0.25, -0.2) is 8.42 Å². The molecule has 0 aromatic heterocycles. The van der Waals surface area contributed by atoms with Gasteiger partial charge in [-0.1, -0.05) is 49.7 Å². The third-order valence-electron chi connectivity index (χ3n) is 7.09. The van der Waals surface area contributed by atoms with Crippen molar-refractivity contribution in [1.29, 1.82) is 0 Å². The van der Waals surface area contributed by atoms with E-state index in [0.29, 0.717) is 12.3 Å². The van der Waals surface area contributed by atoms with Crippen LogP contribution in [0.15, 0.2) is 65.6 Å². The maximum absolute atomic E-state index is 14.3. The van der Waals surface area contributed by atoms with Crippen molar-refractivity contribution in [1.82, 2.24) is 10.2 Å². The van der Waals surface area contributed by atoms with Gasteiger partial charge in [0.2, 0.25) is 11.8 Å². The molecule has 3 rings (SSSR count). The van der Waals surface area contributed by atoms with Gasteiger partial charge in [0.05, 0.1) is 31.9 Å². The number of sulfonamides is 1. The molecule has 10 nitrogen and oxygen atoms in total. The van der Waals surface area contributed by atoms with Crippen LogP contribution in [0.2, 0.25) is 5.02 Å². The number of amides is 2. The molecule has 0 aliphatic heterocycles. The highest BCUT2D eigenvalue weighted by atomic mass is 35.5. The third kappa shape index (κ3) is 8.15. The minimum absolute atomic E-state index is 0.0517. The van der Waals surface area contributed by atoms with Gasteiger partial charge in [0.25, 0.3) is 10.0 Å². The van der Waals surface area contributed by atoms with E-state index in [0.717, 1.165) is 15.4 Å². The molecule has 0 saturated heterocycles. The summed E-state index contributed by atoms with van der Waals surface area (Å²) in [4.78, 5) is 28.7. The highest BCUT2D eigenvalue weighted by Crippen LogP contribution is 2.37. The molecule has 12 heteroatoms.